The molecule has 1 amide bonds. The van der Waals surface area contributed by atoms with Crippen LogP contribution in [0.3, 0.4) is 0 Å². The zero-order chi connectivity index (χ0) is 13.1. The fourth-order valence-corrected chi connectivity index (χ4v) is 1.97. The lowest BCUT2D eigenvalue weighted by atomic mass is 9.92. The molecule has 0 heterocycles. The van der Waals surface area contributed by atoms with Gasteiger partial charge in [0.25, 0.3) is 0 Å². The highest BCUT2D eigenvalue weighted by Gasteiger charge is 2.28. The number of rotatable bonds is 4. The Morgan fingerprint density at radius 3 is 2.53 bits per heavy atom. The Morgan fingerprint density at radius 2 is 2.00 bits per heavy atom. The van der Waals surface area contributed by atoms with Crippen molar-refractivity contribution in [2.24, 2.45) is 11.1 Å². The van der Waals surface area contributed by atoms with Gasteiger partial charge in [0.05, 0.1) is 5.41 Å². The molecule has 0 aliphatic heterocycles. The summed E-state index contributed by atoms with van der Waals surface area (Å²) in [4.78, 5) is 13.9. The van der Waals surface area contributed by atoms with E-state index in [9.17, 15) is 4.79 Å². The number of nitrogens with two attached hydrogens (primary N) is 1. The van der Waals surface area contributed by atoms with Crippen molar-refractivity contribution in [3.8, 4) is 0 Å². The Balaban J connectivity index is 2.77. The van der Waals surface area contributed by atoms with Gasteiger partial charge in [0.15, 0.2) is 0 Å². The van der Waals surface area contributed by atoms with Crippen LogP contribution in [0.15, 0.2) is 28.7 Å². The number of hydrogen-bond donors (Lipinski definition) is 1. The summed E-state index contributed by atoms with van der Waals surface area (Å²) in [7, 11) is 1.80. The minimum absolute atomic E-state index is 0.0655. The minimum Gasteiger partial charge on any atom is -0.341 e. The zero-order valence-corrected chi connectivity index (χ0v) is 12.1. The summed E-state index contributed by atoms with van der Waals surface area (Å²) < 4.78 is 1.02. The number of hydrogen-bond acceptors (Lipinski definition) is 2. The van der Waals surface area contributed by atoms with Gasteiger partial charge in [-0.15, -0.1) is 0 Å². The molecule has 1 aromatic rings. The van der Waals surface area contributed by atoms with Gasteiger partial charge in [-0.1, -0.05) is 34.1 Å². The second-order valence-electron chi connectivity index (χ2n) is 4.84. The molecule has 3 nitrogen and oxygen atoms in total. The maximum Gasteiger partial charge on any atom is 0.229 e. The molecule has 0 saturated heterocycles. The van der Waals surface area contributed by atoms with Crippen molar-refractivity contribution >= 4 is 21.8 Å². The third-order valence-corrected chi connectivity index (χ3v) is 3.57. The van der Waals surface area contributed by atoms with Crippen molar-refractivity contribution in [1.82, 2.24) is 4.90 Å². The Bertz CT molecular complexity index is 404. The summed E-state index contributed by atoms with van der Waals surface area (Å²) >= 11 is 3.48. The molecular weight excluding hydrogens is 280 g/mol. The molecule has 0 atom stereocenters. The Labute approximate surface area is 111 Å². The summed E-state index contributed by atoms with van der Waals surface area (Å²) in [5.41, 5.74) is 6.20. The average Bonchev–Trinajstić information content (AvgIpc) is 2.31. The molecule has 1 aromatic carbocycles. The molecule has 94 valence electrons. The van der Waals surface area contributed by atoms with Crippen LogP contribution >= 0.6 is 15.9 Å². The van der Waals surface area contributed by atoms with E-state index in [4.69, 9.17) is 5.73 Å². The van der Waals surface area contributed by atoms with Crippen LogP contribution in [-0.4, -0.2) is 24.4 Å². The van der Waals surface area contributed by atoms with Crippen LogP contribution in [0.4, 0.5) is 0 Å². The van der Waals surface area contributed by atoms with Crippen molar-refractivity contribution in [1.29, 1.82) is 0 Å². The molecule has 4 heteroatoms. The highest BCUT2D eigenvalue weighted by molar-refractivity contribution is 9.10. The van der Waals surface area contributed by atoms with Crippen LogP contribution in [0, 0.1) is 5.41 Å². The predicted octanol–water partition coefficient (Wildman–Crippen LogP) is 2.39. The standard InChI is InChI=1S/C13H19BrN2O/c1-13(2,9-15)12(17)16(3)8-10-6-4-5-7-11(10)14/h4-7H,8-9,15H2,1-3H3. The number of nitrogens with zero attached hydrogens (tertiary/aromatic N) is 1. The van der Waals surface area contributed by atoms with E-state index in [0.717, 1.165) is 10.0 Å². The number of carbonyl (C=O) groups is 1. The smallest absolute Gasteiger partial charge is 0.229 e. The van der Waals surface area contributed by atoms with Crippen LogP contribution in [0.5, 0.6) is 0 Å². The van der Waals surface area contributed by atoms with E-state index in [2.05, 4.69) is 15.9 Å². The van der Waals surface area contributed by atoms with Crippen molar-refractivity contribution in [3.63, 3.8) is 0 Å². The van der Waals surface area contributed by atoms with E-state index in [1.165, 1.54) is 0 Å². The number of carbonyl (C=O) groups excluding carboxylic acids is 1. The fourth-order valence-electron chi connectivity index (χ4n) is 1.56. The van der Waals surface area contributed by atoms with Crippen molar-refractivity contribution < 1.29 is 4.79 Å². The SMILES string of the molecule is CN(Cc1ccccc1Br)C(=O)C(C)(C)CN. The fraction of sp³-hybridized carbons (Fsp3) is 0.462. The monoisotopic (exact) mass is 298 g/mol. The molecule has 0 bridgehead atoms. The highest BCUT2D eigenvalue weighted by atomic mass is 79.9. The normalized spacial score (nSPS) is 11.4. The largest absolute Gasteiger partial charge is 0.341 e. The van der Waals surface area contributed by atoms with E-state index < -0.39 is 5.41 Å². The summed E-state index contributed by atoms with van der Waals surface area (Å²) in [6.07, 6.45) is 0. The average molecular weight is 299 g/mol. The second-order valence-corrected chi connectivity index (χ2v) is 5.69. The second kappa shape index (κ2) is 5.65. The van der Waals surface area contributed by atoms with Gasteiger partial charge in [-0.2, -0.15) is 0 Å². The third kappa shape index (κ3) is 3.54. The summed E-state index contributed by atoms with van der Waals surface area (Å²) in [5.74, 6) is 0.0655. The third-order valence-electron chi connectivity index (χ3n) is 2.80. The van der Waals surface area contributed by atoms with Crippen molar-refractivity contribution in [2.75, 3.05) is 13.6 Å². The molecule has 0 saturated carbocycles. The topological polar surface area (TPSA) is 46.3 Å². The van der Waals surface area contributed by atoms with Crippen molar-refractivity contribution in [2.45, 2.75) is 20.4 Å². The molecular formula is C13H19BrN2O. The summed E-state index contributed by atoms with van der Waals surface area (Å²) in [5, 5.41) is 0. The summed E-state index contributed by atoms with van der Waals surface area (Å²) in [6, 6.07) is 7.90. The first-order chi connectivity index (χ1) is 7.88. The number of benzene rings is 1. The predicted molar refractivity (Wildman–Crippen MR) is 73.5 cm³/mol. The lowest BCUT2D eigenvalue weighted by Gasteiger charge is -2.28. The molecule has 0 aliphatic carbocycles. The van der Waals surface area contributed by atoms with E-state index in [-0.39, 0.29) is 5.91 Å². The first-order valence-corrected chi connectivity index (χ1v) is 6.37. The molecule has 0 aliphatic rings. The Kier molecular flexibility index (Phi) is 4.71. The first-order valence-electron chi connectivity index (χ1n) is 5.57. The van der Waals surface area contributed by atoms with Gasteiger partial charge in [-0.05, 0) is 25.5 Å². The minimum atomic E-state index is -0.504. The van der Waals surface area contributed by atoms with Gasteiger partial charge in [0.1, 0.15) is 0 Å². The van der Waals surface area contributed by atoms with Crippen LogP contribution < -0.4 is 5.73 Å². The lowest BCUT2D eigenvalue weighted by Crippen LogP contribution is -2.42. The molecule has 0 radical (unpaired) electrons. The molecule has 17 heavy (non-hydrogen) atoms. The van der Waals surface area contributed by atoms with Crippen LogP contribution in [0.2, 0.25) is 0 Å². The van der Waals surface area contributed by atoms with E-state index in [1.54, 1.807) is 11.9 Å². The van der Waals surface area contributed by atoms with Gasteiger partial charge in [0.2, 0.25) is 5.91 Å². The Morgan fingerprint density at radius 1 is 1.41 bits per heavy atom. The van der Waals surface area contributed by atoms with Gasteiger partial charge < -0.3 is 10.6 Å². The van der Waals surface area contributed by atoms with Gasteiger partial charge in [0, 0.05) is 24.6 Å². The maximum absolute atomic E-state index is 12.1. The quantitative estimate of drug-likeness (QED) is 0.928. The maximum atomic E-state index is 12.1. The first kappa shape index (κ1) is 14.2. The van der Waals surface area contributed by atoms with Gasteiger partial charge in [-0.25, -0.2) is 0 Å². The molecule has 1 rings (SSSR count). The van der Waals surface area contributed by atoms with Gasteiger partial charge >= 0.3 is 0 Å². The van der Waals surface area contributed by atoms with Crippen LogP contribution in [-0.2, 0) is 11.3 Å². The van der Waals surface area contributed by atoms with Crippen LogP contribution in [0.1, 0.15) is 19.4 Å². The molecule has 0 aromatic heterocycles. The summed E-state index contributed by atoms with van der Waals surface area (Å²) in [6.45, 7) is 4.67. The van der Waals surface area contributed by atoms with Gasteiger partial charge in [-0.3, -0.25) is 4.79 Å². The molecule has 0 fully saturated rings. The lowest BCUT2D eigenvalue weighted by molar-refractivity contribution is -0.139. The Hall–Kier alpha value is -0.870. The molecule has 0 spiro atoms. The van der Waals surface area contributed by atoms with E-state index >= 15 is 0 Å². The van der Waals surface area contributed by atoms with E-state index in [1.807, 2.05) is 38.1 Å². The molecule has 0 unspecified atom stereocenters. The van der Waals surface area contributed by atoms with E-state index in [0.29, 0.717) is 13.1 Å². The zero-order valence-electron chi connectivity index (χ0n) is 10.5. The molecule has 2 N–H and O–H groups in total. The van der Waals surface area contributed by atoms with Crippen molar-refractivity contribution in [3.05, 3.63) is 34.3 Å². The highest BCUT2D eigenvalue weighted by Crippen LogP contribution is 2.21. The number of halogens is 1. The number of amides is 1. The van der Waals surface area contributed by atoms with Crippen LogP contribution in [0.25, 0.3) is 0 Å².